The summed E-state index contributed by atoms with van der Waals surface area (Å²) in [4.78, 5) is 24.3. The van der Waals surface area contributed by atoms with Crippen LogP contribution in [-0.2, 0) is 9.59 Å². The molecule has 0 aromatic rings. The molecule has 0 rings (SSSR count). The van der Waals surface area contributed by atoms with E-state index in [1.165, 1.54) is 0 Å². The molecule has 18 heavy (non-hydrogen) atoms. The van der Waals surface area contributed by atoms with Gasteiger partial charge in [0, 0.05) is 17.6 Å². The van der Waals surface area contributed by atoms with Gasteiger partial charge in [-0.15, -0.1) is 0 Å². The Balaban J connectivity index is 4.56. The zero-order valence-corrected chi connectivity index (χ0v) is 12.3. The van der Waals surface area contributed by atoms with Gasteiger partial charge in [-0.25, -0.2) is 0 Å². The van der Waals surface area contributed by atoms with Crippen molar-refractivity contribution in [1.29, 1.82) is 0 Å². The number of rotatable bonds is 5. The summed E-state index contributed by atoms with van der Waals surface area (Å²) in [5, 5.41) is 11.8. The summed E-state index contributed by atoms with van der Waals surface area (Å²) in [6, 6.07) is 0. The highest BCUT2D eigenvalue weighted by Crippen LogP contribution is 2.14. The molecule has 0 radical (unpaired) electrons. The number of nitrogens with zero attached hydrogens (tertiary/aromatic N) is 1. The second-order valence-electron chi connectivity index (χ2n) is 6.46. The van der Waals surface area contributed by atoms with E-state index in [1.807, 2.05) is 41.5 Å². The molecule has 0 fully saturated rings. The molecule has 0 atom stereocenters. The van der Waals surface area contributed by atoms with Gasteiger partial charge < -0.3 is 15.3 Å². The Morgan fingerprint density at radius 2 is 1.61 bits per heavy atom. The summed E-state index contributed by atoms with van der Waals surface area (Å²) in [5.74, 6) is -0.959. The van der Waals surface area contributed by atoms with Crippen molar-refractivity contribution >= 4 is 11.9 Å². The molecule has 0 aromatic heterocycles. The molecule has 5 heteroatoms. The van der Waals surface area contributed by atoms with Gasteiger partial charge >= 0.3 is 5.97 Å². The van der Waals surface area contributed by atoms with Crippen molar-refractivity contribution in [1.82, 2.24) is 10.2 Å². The van der Waals surface area contributed by atoms with Gasteiger partial charge in [0.15, 0.2) is 0 Å². The number of carboxylic acid groups (broad SMARTS) is 1. The van der Waals surface area contributed by atoms with Crippen LogP contribution in [0.2, 0.25) is 0 Å². The zero-order chi connectivity index (χ0) is 14.6. The lowest BCUT2D eigenvalue weighted by Gasteiger charge is -2.36. The molecular formula is C13H26N2O3. The summed E-state index contributed by atoms with van der Waals surface area (Å²) < 4.78 is 0. The third-order valence-corrected chi connectivity index (χ3v) is 2.43. The molecule has 5 nitrogen and oxygen atoms in total. The van der Waals surface area contributed by atoms with Gasteiger partial charge in [0.25, 0.3) is 0 Å². The summed E-state index contributed by atoms with van der Waals surface area (Å²) in [6.45, 7) is 12.1. The van der Waals surface area contributed by atoms with Crippen LogP contribution >= 0.6 is 0 Å². The number of nitrogens with one attached hydrogen (secondary N) is 1. The number of amides is 1. The van der Waals surface area contributed by atoms with Crippen molar-refractivity contribution in [2.45, 2.75) is 59.0 Å². The van der Waals surface area contributed by atoms with Crippen LogP contribution in [0.15, 0.2) is 0 Å². The average Bonchev–Trinajstić information content (AvgIpc) is 2.11. The number of aliphatic carboxylic acids is 1. The van der Waals surface area contributed by atoms with Crippen molar-refractivity contribution in [3.63, 3.8) is 0 Å². The first kappa shape index (κ1) is 16.9. The summed E-state index contributed by atoms with van der Waals surface area (Å²) in [7, 11) is 0. The first-order valence-corrected chi connectivity index (χ1v) is 6.21. The monoisotopic (exact) mass is 258 g/mol. The summed E-state index contributed by atoms with van der Waals surface area (Å²) in [6.07, 6.45) is -0.0292. The number of carbonyl (C=O) groups excluding carboxylic acids is 1. The van der Waals surface area contributed by atoms with Gasteiger partial charge in [0.1, 0.15) is 0 Å². The second kappa shape index (κ2) is 6.18. The van der Waals surface area contributed by atoms with Gasteiger partial charge in [-0.1, -0.05) is 0 Å². The third-order valence-electron chi connectivity index (χ3n) is 2.43. The maximum Gasteiger partial charge on any atom is 0.305 e. The normalized spacial score (nSPS) is 12.3. The Hall–Kier alpha value is -1.10. The molecule has 0 saturated carbocycles. The molecule has 0 unspecified atom stereocenters. The second-order valence-corrected chi connectivity index (χ2v) is 6.46. The molecule has 0 saturated heterocycles. The minimum atomic E-state index is -0.888. The minimum Gasteiger partial charge on any atom is -0.481 e. The number of carbonyl (C=O) groups is 2. The molecular weight excluding hydrogens is 232 g/mol. The van der Waals surface area contributed by atoms with E-state index in [1.54, 1.807) is 4.90 Å². The molecule has 0 spiro atoms. The van der Waals surface area contributed by atoms with Gasteiger partial charge in [0.05, 0.1) is 13.0 Å². The van der Waals surface area contributed by atoms with Crippen molar-refractivity contribution in [3.05, 3.63) is 0 Å². The Morgan fingerprint density at radius 1 is 1.11 bits per heavy atom. The molecule has 106 valence electrons. The van der Waals surface area contributed by atoms with E-state index in [0.29, 0.717) is 0 Å². The van der Waals surface area contributed by atoms with E-state index in [-0.39, 0.29) is 36.5 Å². The Kier molecular flexibility index (Phi) is 5.80. The fraction of sp³-hybridized carbons (Fsp3) is 0.846. The standard InChI is InChI=1S/C13H26N2O3/c1-12(2,3)14-9-10(16)15(13(4,5)6)8-7-11(17)18/h14H,7-9H2,1-6H3,(H,17,18). The molecule has 0 aliphatic carbocycles. The van der Waals surface area contributed by atoms with E-state index in [4.69, 9.17) is 5.11 Å². The maximum atomic E-state index is 12.1. The lowest BCUT2D eigenvalue weighted by atomic mass is 10.0. The van der Waals surface area contributed by atoms with Crippen LogP contribution in [-0.4, -0.2) is 46.1 Å². The Bertz CT molecular complexity index is 300. The first-order chi connectivity index (χ1) is 7.93. The topological polar surface area (TPSA) is 69.6 Å². The highest BCUT2D eigenvalue weighted by atomic mass is 16.4. The van der Waals surface area contributed by atoms with E-state index in [0.717, 1.165) is 0 Å². The SMILES string of the molecule is CC(C)(C)NCC(=O)N(CCC(=O)O)C(C)(C)C. The Labute approximate surface area is 110 Å². The van der Waals surface area contributed by atoms with Gasteiger partial charge in [-0.05, 0) is 41.5 Å². The summed E-state index contributed by atoms with van der Waals surface area (Å²) >= 11 is 0. The van der Waals surface area contributed by atoms with Crippen LogP contribution in [0.5, 0.6) is 0 Å². The van der Waals surface area contributed by atoms with Crippen molar-refractivity contribution in [3.8, 4) is 0 Å². The molecule has 0 aliphatic rings. The molecule has 0 heterocycles. The first-order valence-electron chi connectivity index (χ1n) is 6.21. The van der Waals surface area contributed by atoms with E-state index in [2.05, 4.69) is 5.32 Å². The average molecular weight is 258 g/mol. The highest BCUT2D eigenvalue weighted by Gasteiger charge is 2.27. The molecule has 0 bridgehead atoms. The fourth-order valence-electron chi connectivity index (χ4n) is 1.48. The zero-order valence-electron chi connectivity index (χ0n) is 12.3. The molecule has 0 aliphatic heterocycles. The van der Waals surface area contributed by atoms with Crippen molar-refractivity contribution < 1.29 is 14.7 Å². The fourth-order valence-corrected chi connectivity index (χ4v) is 1.48. The number of carboxylic acids is 1. The number of hydrogen-bond acceptors (Lipinski definition) is 3. The van der Waals surface area contributed by atoms with Crippen LogP contribution in [0.4, 0.5) is 0 Å². The van der Waals surface area contributed by atoms with E-state index in [9.17, 15) is 9.59 Å². The highest BCUT2D eigenvalue weighted by molar-refractivity contribution is 5.79. The largest absolute Gasteiger partial charge is 0.481 e. The smallest absolute Gasteiger partial charge is 0.305 e. The van der Waals surface area contributed by atoms with Gasteiger partial charge in [-0.2, -0.15) is 0 Å². The van der Waals surface area contributed by atoms with Crippen LogP contribution < -0.4 is 5.32 Å². The van der Waals surface area contributed by atoms with Crippen LogP contribution in [0.25, 0.3) is 0 Å². The van der Waals surface area contributed by atoms with E-state index >= 15 is 0 Å². The lowest BCUT2D eigenvalue weighted by Crippen LogP contribution is -2.52. The van der Waals surface area contributed by atoms with Gasteiger partial charge in [0.2, 0.25) is 5.91 Å². The van der Waals surface area contributed by atoms with Crippen LogP contribution in [0.3, 0.4) is 0 Å². The van der Waals surface area contributed by atoms with Crippen molar-refractivity contribution in [2.75, 3.05) is 13.1 Å². The predicted octanol–water partition coefficient (Wildman–Crippen LogP) is 1.48. The molecule has 2 N–H and O–H groups in total. The molecule has 1 amide bonds. The van der Waals surface area contributed by atoms with Gasteiger partial charge in [-0.3, -0.25) is 9.59 Å². The molecule has 0 aromatic carbocycles. The predicted molar refractivity (Wildman–Crippen MR) is 71.5 cm³/mol. The lowest BCUT2D eigenvalue weighted by molar-refractivity contribution is -0.140. The van der Waals surface area contributed by atoms with Crippen LogP contribution in [0, 0.1) is 0 Å². The van der Waals surface area contributed by atoms with Crippen molar-refractivity contribution in [2.24, 2.45) is 0 Å². The van der Waals surface area contributed by atoms with E-state index < -0.39 is 5.97 Å². The van der Waals surface area contributed by atoms with Crippen LogP contribution in [0.1, 0.15) is 48.0 Å². The third kappa shape index (κ3) is 7.27. The Morgan fingerprint density at radius 3 is 1.94 bits per heavy atom. The maximum absolute atomic E-state index is 12.1. The quantitative estimate of drug-likeness (QED) is 0.783. The summed E-state index contributed by atoms with van der Waals surface area (Å²) in [5.41, 5.74) is -0.502. The number of hydrogen-bond donors (Lipinski definition) is 2. The minimum absolute atomic E-state index is 0.0292.